The van der Waals surface area contributed by atoms with E-state index >= 15 is 0 Å². The maximum Gasteiger partial charge on any atom is 0.162 e. The lowest BCUT2D eigenvalue weighted by Crippen LogP contribution is -2.08. The van der Waals surface area contributed by atoms with Crippen molar-refractivity contribution in [3.8, 4) is 0 Å². The first kappa shape index (κ1) is 14.8. The molecule has 0 aliphatic carbocycles. The molecule has 2 nitrogen and oxygen atoms in total. The van der Waals surface area contributed by atoms with E-state index in [4.69, 9.17) is 4.74 Å². The summed E-state index contributed by atoms with van der Waals surface area (Å²) in [5, 5.41) is 0. The lowest BCUT2D eigenvalue weighted by molar-refractivity contribution is 0.0894. The fourth-order valence-corrected chi connectivity index (χ4v) is 2.05. The van der Waals surface area contributed by atoms with Crippen LogP contribution in [0.5, 0.6) is 0 Å². The van der Waals surface area contributed by atoms with Crippen molar-refractivity contribution in [1.82, 2.24) is 0 Å². The number of ketones is 1. The van der Waals surface area contributed by atoms with Gasteiger partial charge in [-0.15, -0.1) is 0 Å². The minimum atomic E-state index is -0.437. The Hall–Kier alpha value is -1.22. The van der Waals surface area contributed by atoms with Gasteiger partial charge in [0, 0.05) is 12.7 Å². The maximum atomic E-state index is 14.2. The van der Waals surface area contributed by atoms with Crippen LogP contribution in [0, 0.1) is 5.82 Å². The molecular formula is C15H21FO2. The zero-order chi connectivity index (χ0) is 13.5. The third-order valence-electron chi connectivity index (χ3n) is 3.11. The average Bonchev–Trinajstić information content (AvgIpc) is 2.35. The first-order valence-corrected chi connectivity index (χ1v) is 6.44. The summed E-state index contributed by atoms with van der Waals surface area (Å²) in [5.74, 6) is -0.689. The largest absolute Gasteiger partial charge is 0.377 e. The number of unbranched alkanes of at least 4 members (excludes halogenated alkanes) is 2. The van der Waals surface area contributed by atoms with Crippen molar-refractivity contribution in [2.75, 3.05) is 7.11 Å². The van der Waals surface area contributed by atoms with Crippen molar-refractivity contribution in [2.45, 2.75) is 45.6 Å². The lowest BCUT2D eigenvalue weighted by Gasteiger charge is -2.17. The highest BCUT2D eigenvalue weighted by Crippen LogP contribution is 2.27. The number of benzene rings is 1. The summed E-state index contributed by atoms with van der Waals surface area (Å²) in [4.78, 5) is 11.3. The Balaban J connectivity index is 2.92. The highest BCUT2D eigenvalue weighted by Gasteiger charge is 2.18. The quantitative estimate of drug-likeness (QED) is 0.534. The molecule has 3 heteroatoms. The fraction of sp³-hybridized carbons (Fsp3) is 0.533. The molecule has 0 aromatic heterocycles. The van der Waals surface area contributed by atoms with E-state index in [1.165, 1.54) is 13.0 Å². The molecule has 0 saturated heterocycles. The molecule has 0 amide bonds. The van der Waals surface area contributed by atoms with Gasteiger partial charge < -0.3 is 4.74 Å². The Labute approximate surface area is 108 Å². The van der Waals surface area contributed by atoms with Crippen molar-refractivity contribution in [3.63, 3.8) is 0 Å². The molecular weight excluding hydrogens is 231 g/mol. The SMILES string of the molecule is CCCCCC(OC)c1cccc(C(C)=O)c1F. The van der Waals surface area contributed by atoms with Gasteiger partial charge in [-0.1, -0.05) is 38.3 Å². The van der Waals surface area contributed by atoms with Crippen molar-refractivity contribution >= 4 is 5.78 Å². The van der Waals surface area contributed by atoms with Crippen LogP contribution in [-0.2, 0) is 4.74 Å². The summed E-state index contributed by atoms with van der Waals surface area (Å²) in [6.45, 7) is 3.50. The summed E-state index contributed by atoms with van der Waals surface area (Å²) in [6, 6.07) is 4.92. The predicted molar refractivity (Wildman–Crippen MR) is 70.3 cm³/mol. The van der Waals surface area contributed by atoms with Crippen LogP contribution in [0.25, 0.3) is 0 Å². The van der Waals surface area contributed by atoms with Gasteiger partial charge in [-0.2, -0.15) is 0 Å². The topological polar surface area (TPSA) is 26.3 Å². The van der Waals surface area contributed by atoms with Gasteiger partial charge in [0.1, 0.15) is 5.82 Å². The van der Waals surface area contributed by atoms with Crippen molar-refractivity contribution in [1.29, 1.82) is 0 Å². The van der Waals surface area contributed by atoms with Gasteiger partial charge >= 0.3 is 0 Å². The van der Waals surface area contributed by atoms with Crippen LogP contribution < -0.4 is 0 Å². The van der Waals surface area contributed by atoms with E-state index in [2.05, 4.69) is 6.92 Å². The van der Waals surface area contributed by atoms with Crippen molar-refractivity contribution in [2.24, 2.45) is 0 Å². The van der Waals surface area contributed by atoms with Gasteiger partial charge in [-0.25, -0.2) is 4.39 Å². The molecule has 0 fully saturated rings. The van der Waals surface area contributed by atoms with Crippen molar-refractivity contribution < 1.29 is 13.9 Å². The highest BCUT2D eigenvalue weighted by molar-refractivity contribution is 5.94. The molecule has 0 radical (unpaired) electrons. The number of Topliss-reactive ketones (excluding diaryl/α,β-unsaturated/α-hetero) is 1. The third-order valence-corrected chi connectivity index (χ3v) is 3.11. The minimum absolute atomic E-state index is 0.144. The lowest BCUT2D eigenvalue weighted by atomic mass is 9.99. The van der Waals surface area contributed by atoms with Crippen LogP contribution >= 0.6 is 0 Å². The molecule has 0 aliphatic heterocycles. The minimum Gasteiger partial charge on any atom is -0.377 e. The zero-order valence-corrected chi connectivity index (χ0v) is 11.3. The second-order valence-electron chi connectivity index (χ2n) is 4.49. The molecule has 0 saturated carbocycles. The highest BCUT2D eigenvalue weighted by atomic mass is 19.1. The first-order valence-electron chi connectivity index (χ1n) is 6.44. The number of ether oxygens (including phenoxy) is 1. The Bertz CT molecular complexity index is 401. The number of hydrogen-bond donors (Lipinski definition) is 0. The van der Waals surface area contributed by atoms with E-state index in [1.807, 2.05) is 0 Å². The Morgan fingerprint density at radius 3 is 2.67 bits per heavy atom. The van der Waals surface area contributed by atoms with E-state index < -0.39 is 5.82 Å². The van der Waals surface area contributed by atoms with E-state index in [9.17, 15) is 9.18 Å². The number of halogens is 1. The number of carbonyl (C=O) groups excluding carboxylic acids is 1. The van der Waals surface area contributed by atoms with Gasteiger partial charge in [0.05, 0.1) is 11.7 Å². The van der Waals surface area contributed by atoms with Gasteiger partial charge in [0.15, 0.2) is 5.78 Å². The summed E-state index contributed by atoms with van der Waals surface area (Å²) >= 11 is 0. The zero-order valence-electron chi connectivity index (χ0n) is 11.3. The van der Waals surface area contributed by atoms with Crippen LogP contribution in [-0.4, -0.2) is 12.9 Å². The molecule has 0 bridgehead atoms. The van der Waals surface area contributed by atoms with E-state index in [0.29, 0.717) is 5.56 Å². The molecule has 100 valence electrons. The third kappa shape index (κ3) is 3.64. The molecule has 18 heavy (non-hydrogen) atoms. The molecule has 0 spiro atoms. The molecule has 0 aliphatic rings. The molecule has 0 N–H and O–H groups in total. The molecule has 1 atom stereocenters. The summed E-state index contributed by atoms with van der Waals surface area (Å²) < 4.78 is 19.5. The molecule has 1 unspecified atom stereocenters. The van der Waals surface area contributed by atoms with E-state index in [1.54, 1.807) is 19.2 Å². The van der Waals surface area contributed by atoms with Crippen LogP contribution in [0.1, 0.15) is 61.6 Å². The van der Waals surface area contributed by atoms with Gasteiger partial charge in [-0.3, -0.25) is 4.79 Å². The second kappa shape index (κ2) is 7.27. The van der Waals surface area contributed by atoms with Crippen LogP contribution in [0.2, 0.25) is 0 Å². The Kier molecular flexibility index (Phi) is 5.99. The normalized spacial score (nSPS) is 12.4. The smallest absolute Gasteiger partial charge is 0.162 e. The summed E-state index contributed by atoms with van der Waals surface area (Å²) in [5.41, 5.74) is 0.631. The van der Waals surface area contributed by atoms with Gasteiger partial charge in [-0.05, 0) is 19.4 Å². The fourth-order valence-electron chi connectivity index (χ4n) is 2.05. The summed E-state index contributed by atoms with van der Waals surface area (Å²) in [6.07, 6.45) is 3.73. The average molecular weight is 252 g/mol. The van der Waals surface area contributed by atoms with Gasteiger partial charge in [0.2, 0.25) is 0 Å². The van der Waals surface area contributed by atoms with Crippen LogP contribution in [0.4, 0.5) is 4.39 Å². The summed E-state index contributed by atoms with van der Waals surface area (Å²) in [7, 11) is 1.58. The Morgan fingerprint density at radius 1 is 1.39 bits per heavy atom. The molecule has 1 rings (SSSR count). The number of carbonyl (C=O) groups is 1. The molecule has 1 aromatic rings. The first-order chi connectivity index (χ1) is 8.61. The molecule has 0 heterocycles. The maximum absolute atomic E-state index is 14.2. The number of methoxy groups -OCH3 is 1. The van der Waals surface area contributed by atoms with Crippen LogP contribution in [0.15, 0.2) is 18.2 Å². The number of hydrogen-bond acceptors (Lipinski definition) is 2. The number of rotatable bonds is 7. The monoisotopic (exact) mass is 252 g/mol. The predicted octanol–water partition coefficient (Wildman–Crippen LogP) is 4.30. The van der Waals surface area contributed by atoms with E-state index in [-0.39, 0.29) is 17.5 Å². The van der Waals surface area contributed by atoms with Gasteiger partial charge in [0.25, 0.3) is 0 Å². The standard InChI is InChI=1S/C15H21FO2/c1-4-5-6-10-14(18-3)13-9-7-8-12(11(2)17)15(13)16/h7-9,14H,4-6,10H2,1-3H3. The van der Waals surface area contributed by atoms with Crippen LogP contribution in [0.3, 0.4) is 0 Å². The second-order valence-corrected chi connectivity index (χ2v) is 4.49. The Morgan fingerprint density at radius 2 is 2.11 bits per heavy atom. The van der Waals surface area contributed by atoms with E-state index in [0.717, 1.165) is 25.7 Å². The van der Waals surface area contributed by atoms with Crippen molar-refractivity contribution in [3.05, 3.63) is 35.1 Å². The molecule has 1 aromatic carbocycles.